The van der Waals surface area contributed by atoms with Gasteiger partial charge in [0.15, 0.2) is 5.82 Å². The smallest absolute Gasteiger partial charge is 0.257 e. The van der Waals surface area contributed by atoms with Crippen molar-refractivity contribution in [2.24, 2.45) is 0 Å². The van der Waals surface area contributed by atoms with Crippen LogP contribution in [0.15, 0.2) is 36.5 Å². The molecule has 7 heteroatoms. The zero-order valence-electron chi connectivity index (χ0n) is 19.3. The molecule has 0 aliphatic carbocycles. The summed E-state index contributed by atoms with van der Waals surface area (Å²) in [5.41, 5.74) is 2.56. The molecule has 0 spiro atoms. The third kappa shape index (κ3) is 4.40. The van der Waals surface area contributed by atoms with E-state index < -0.39 is 0 Å². The van der Waals surface area contributed by atoms with Gasteiger partial charge in [0.05, 0.1) is 23.5 Å². The molecule has 0 radical (unpaired) electrons. The summed E-state index contributed by atoms with van der Waals surface area (Å²) in [7, 11) is 0. The Morgan fingerprint density at radius 1 is 1.19 bits per heavy atom. The second-order valence-corrected chi connectivity index (χ2v) is 8.63. The van der Waals surface area contributed by atoms with E-state index in [0.717, 1.165) is 44.6 Å². The number of carbonyl (C=O) groups excluding carboxylic acids is 2. The molecule has 2 aliphatic heterocycles. The lowest BCUT2D eigenvalue weighted by Gasteiger charge is -2.39. The lowest BCUT2D eigenvalue weighted by atomic mass is 10.0. The molecule has 3 heterocycles. The number of aryl methyl sites for hydroxylation is 1. The predicted molar refractivity (Wildman–Crippen MR) is 128 cm³/mol. The molecule has 1 unspecified atom stereocenters. The summed E-state index contributed by atoms with van der Waals surface area (Å²) >= 11 is 0. The molecule has 1 aromatic carbocycles. The minimum Gasteiger partial charge on any atom is -0.319 e. The normalized spacial score (nSPS) is 18.7. The summed E-state index contributed by atoms with van der Waals surface area (Å²) in [5.74, 6) is 0.213. The highest BCUT2D eigenvalue weighted by molar-refractivity contribution is 6.17. The number of aromatic nitrogens is 1. The number of anilines is 3. The van der Waals surface area contributed by atoms with Gasteiger partial charge in [-0.2, -0.15) is 0 Å². The summed E-state index contributed by atoms with van der Waals surface area (Å²) in [6, 6.07) is 9.49. The van der Waals surface area contributed by atoms with Crippen molar-refractivity contribution < 1.29 is 9.59 Å². The molecule has 1 saturated heterocycles. The third-order valence-electron chi connectivity index (χ3n) is 6.65. The number of hydrogen-bond acceptors (Lipinski definition) is 5. The topological polar surface area (TPSA) is 68.8 Å². The molecule has 2 aromatic rings. The van der Waals surface area contributed by atoms with Crippen LogP contribution in [0.3, 0.4) is 0 Å². The van der Waals surface area contributed by atoms with Crippen LogP contribution in [0.25, 0.3) is 0 Å². The number of pyridine rings is 1. The fraction of sp³-hybridized carbons (Fsp3) is 0.480. The fourth-order valence-corrected chi connectivity index (χ4v) is 4.85. The molecule has 1 N–H and O–H groups in total. The van der Waals surface area contributed by atoms with E-state index in [2.05, 4.69) is 33.9 Å². The molecule has 0 saturated carbocycles. The summed E-state index contributed by atoms with van der Waals surface area (Å²) in [6.07, 6.45) is 5.07. The number of hydrogen-bond donors (Lipinski definition) is 1. The molecular weight excluding hydrogens is 402 g/mol. The van der Waals surface area contributed by atoms with Gasteiger partial charge >= 0.3 is 0 Å². The van der Waals surface area contributed by atoms with Gasteiger partial charge in [0.2, 0.25) is 5.91 Å². The van der Waals surface area contributed by atoms with Gasteiger partial charge in [0.1, 0.15) is 0 Å². The van der Waals surface area contributed by atoms with Crippen LogP contribution in [0.4, 0.5) is 17.2 Å². The van der Waals surface area contributed by atoms with Crippen LogP contribution in [0, 0.1) is 6.92 Å². The lowest BCUT2D eigenvalue weighted by molar-refractivity contribution is -0.120. The van der Waals surface area contributed by atoms with Crippen molar-refractivity contribution >= 4 is 29.0 Å². The van der Waals surface area contributed by atoms with Crippen molar-refractivity contribution in [2.45, 2.75) is 46.1 Å². The zero-order chi connectivity index (χ0) is 22.7. The first-order chi connectivity index (χ1) is 15.5. The van der Waals surface area contributed by atoms with E-state index >= 15 is 0 Å². The maximum absolute atomic E-state index is 13.9. The van der Waals surface area contributed by atoms with E-state index in [0.29, 0.717) is 35.3 Å². The zero-order valence-corrected chi connectivity index (χ0v) is 19.3. The van der Waals surface area contributed by atoms with Crippen molar-refractivity contribution in [2.75, 3.05) is 42.9 Å². The number of nitrogens with zero attached hydrogens (tertiary/aromatic N) is 4. The second kappa shape index (κ2) is 9.79. The lowest BCUT2D eigenvalue weighted by Crippen LogP contribution is -2.50. The third-order valence-corrected chi connectivity index (χ3v) is 6.65. The molecule has 32 heavy (non-hydrogen) atoms. The predicted octanol–water partition coefficient (Wildman–Crippen LogP) is 3.82. The van der Waals surface area contributed by atoms with E-state index in [1.807, 2.05) is 19.1 Å². The Balaban J connectivity index is 1.68. The van der Waals surface area contributed by atoms with E-state index in [1.54, 1.807) is 29.3 Å². The van der Waals surface area contributed by atoms with Crippen LogP contribution in [0.2, 0.25) is 0 Å². The van der Waals surface area contributed by atoms with Crippen molar-refractivity contribution in [3.63, 3.8) is 0 Å². The second-order valence-electron chi connectivity index (χ2n) is 8.63. The maximum Gasteiger partial charge on any atom is 0.257 e. The minimum absolute atomic E-state index is 0.0524. The number of rotatable bonds is 6. The Morgan fingerprint density at radius 3 is 2.78 bits per heavy atom. The molecular formula is C25H33N5O2. The van der Waals surface area contributed by atoms with Gasteiger partial charge in [0.25, 0.3) is 5.91 Å². The molecule has 1 fully saturated rings. The Bertz CT molecular complexity index is 988. The van der Waals surface area contributed by atoms with E-state index in [4.69, 9.17) is 0 Å². The molecule has 0 bridgehead atoms. The fourth-order valence-electron chi connectivity index (χ4n) is 4.85. The number of likely N-dealkylation sites (tertiary alicyclic amines) is 1. The molecule has 1 atom stereocenters. The number of fused-ring (bicyclic) bond motifs is 2. The average Bonchev–Trinajstić information content (AvgIpc) is 2.93. The number of piperidine rings is 1. The number of benzene rings is 1. The highest BCUT2D eigenvalue weighted by Gasteiger charge is 2.34. The number of nitrogens with one attached hydrogen (secondary N) is 1. The van der Waals surface area contributed by atoms with Gasteiger partial charge in [-0.05, 0) is 63.2 Å². The average molecular weight is 436 g/mol. The van der Waals surface area contributed by atoms with Crippen LogP contribution in [-0.4, -0.2) is 65.4 Å². The van der Waals surface area contributed by atoms with Gasteiger partial charge in [-0.15, -0.1) is 0 Å². The van der Waals surface area contributed by atoms with Crippen molar-refractivity contribution in [3.8, 4) is 0 Å². The Morgan fingerprint density at radius 2 is 2.00 bits per heavy atom. The van der Waals surface area contributed by atoms with Crippen molar-refractivity contribution in [1.82, 2.24) is 14.8 Å². The van der Waals surface area contributed by atoms with Gasteiger partial charge < -0.3 is 10.2 Å². The number of likely N-dealkylation sites (N-methyl/N-ethyl adjacent to an activating group) is 1. The first-order valence-corrected chi connectivity index (χ1v) is 11.7. The summed E-state index contributed by atoms with van der Waals surface area (Å²) in [4.78, 5) is 37.7. The van der Waals surface area contributed by atoms with E-state index in [1.165, 1.54) is 6.42 Å². The molecule has 2 amide bonds. The summed E-state index contributed by atoms with van der Waals surface area (Å²) in [6.45, 7) is 10.5. The number of carbonyl (C=O) groups is 2. The van der Waals surface area contributed by atoms with Crippen LogP contribution in [-0.2, 0) is 4.79 Å². The quantitative estimate of drug-likeness (QED) is 0.747. The maximum atomic E-state index is 13.9. The SMILES string of the molecule is CCN(CC)CC1CCCCN1CC(=O)N1c2ncccc2NC(=O)c2cccc(C)c21. The van der Waals surface area contributed by atoms with Crippen LogP contribution < -0.4 is 10.2 Å². The van der Waals surface area contributed by atoms with Crippen LogP contribution in [0.1, 0.15) is 49.0 Å². The van der Waals surface area contributed by atoms with E-state index in [9.17, 15) is 9.59 Å². The molecule has 2 aliphatic rings. The van der Waals surface area contributed by atoms with E-state index in [-0.39, 0.29) is 11.8 Å². The minimum atomic E-state index is -0.217. The number of amides is 2. The molecule has 7 nitrogen and oxygen atoms in total. The first-order valence-electron chi connectivity index (χ1n) is 11.7. The Hall–Kier alpha value is -2.77. The summed E-state index contributed by atoms with van der Waals surface area (Å²) < 4.78 is 0. The Labute approximate surface area is 190 Å². The first kappa shape index (κ1) is 22.4. The van der Waals surface area contributed by atoms with Gasteiger partial charge in [0, 0.05) is 18.8 Å². The van der Waals surface area contributed by atoms with Gasteiger partial charge in [-0.3, -0.25) is 19.4 Å². The molecule has 170 valence electrons. The highest BCUT2D eigenvalue weighted by Crippen LogP contribution is 2.38. The van der Waals surface area contributed by atoms with Crippen LogP contribution in [0.5, 0.6) is 0 Å². The van der Waals surface area contributed by atoms with Gasteiger partial charge in [-0.1, -0.05) is 32.4 Å². The Kier molecular flexibility index (Phi) is 6.86. The monoisotopic (exact) mass is 435 g/mol. The molecule has 1 aromatic heterocycles. The number of para-hydroxylation sites is 1. The standard InChI is InChI=1S/C25H33N5O2/c1-4-28(5-2)16-19-11-6-7-15-29(19)17-22(31)30-23-18(3)10-8-12-20(23)25(32)27-21-13-9-14-26-24(21)30/h8-10,12-14,19H,4-7,11,15-17H2,1-3H3,(H,27,32). The van der Waals surface area contributed by atoms with Crippen molar-refractivity contribution in [1.29, 1.82) is 0 Å². The molecule has 4 rings (SSSR count). The highest BCUT2D eigenvalue weighted by atomic mass is 16.2. The van der Waals surface area contributed by atoms with Crippen LogP contribution >= 0.6 is 0 Å². The summed E-state index contributed by atoms with van der Waals surface area (Å²) in [5, 5.41) is 2.93. The largest absolute Gasteiger partial charge is 0.319 e. The van der Waals surface area contributed by atoms with Crippen molar-refractivity contribution in [3.05, 3.63) is 47.7 Å². The van der Waals surface area contributed by atoms with Gasteiger partial charge in [-0.25, -0.2) is 4.98 Å².